The van der Waals surface area contributed by atoms with E-state index in [9.17, 15) is 0 Å². The van der Waals surface area contributed by atoms with Gasteiger partial charge in [-0.2, -0.15) is 0 Å². The molecular formula is C18H29N3. The van der Waals surface area contributed by atoms with E-state index in [1.165, 1.54) is 36.3 Å². The molecule has 1 unspecified atom stereocenters. The molecule has 3 heterocycles. The zero-order valence-electron chi connectivity index (χ0n) is 14.5. The summed E-state index contributed by atoms with van der Waals surface area (Å²) in [5.74, 6) is 1.00. The summed E-state index contributed by atoms with van der Waals surface area (Å²) in [6.45, 7) is 15.7. The molecule has 0 aliphatic carbocycles. The highest BCUT2D eigenvalue weighted by molar-refractivity contribution is 5.35. The Balaban J connectivity index is 2.13. The monoisotopic (exact) mass is 287 g/mol. The van der Waals surface area contributed by atoms with Crippen LogP contribution in [0.1, 0.15) is 77.2 Å². The first-order chi connectivity index (χ1) is 9.66. The molecule has 2 aliphatic heterocycles. The summed E-state index contributed by atoms with van der Waals surface area (Å²) in [5.41, 5.74) is 4.12. The van der Waals surface area contributed by atoms with Gasteiger partial charge in [0, 0.05) is 23.4 Å². The molecule has 3 nitrogen and oxygen atoms in total. The molecule has 1 saturated heterocycles. The first-order valence-corrected chi connectivity index (χ1v) is 8.31. The molecule has 3 rings (SSSR count). The summed E-state index contributed by atoms with van der Waals surface area (Å²) in [5, 5.41) is 0. The van der Waals surface area contributed by atoms with Crippen molar-refractivity contribution in [2.75, 3.05) is 6.54 Å². The Bertz CT molecular complexity index is 549. The van der Waals surface area contributed by atoms with Gasteiger partial charge in [0.25, 0.3) is 0 Å². The number of hydrogen-bond acceptors (Lipinski definition) is 3. The average Bonchev–Trinajstić information content (AvgIpc) is 2.79. The fourth-order valence-corrected chi connectivity index (χ4v) is 3.59. The van der Waals surface area contributed by atoms with Gasteiger partial charge < -0.3 is 0 Å². The topological polar surface area (TPSA) is 29.0 Å². The summed E-state index contributed by atoms with van der Waals surface area (Å²) >= 11 is 0. The van der Waals surface area contributed by atoms with Crippen molar-refractivity contribution in [2.45, 2.75) is 84.2 Å². The van der Waals surface area contributed by atoms with Crippen LogP contribution in [-0.4, -0.2) is 27.5 Å². The lowest BCUT2D eigenvalue weighted by Gasteiger charge is -2.35. The molecule has 1 fully saturated rings. The van der Waals surface area contributed by atoms with Gasteiger partial charge in [-0.05, 0) is 31.4 Å². The second-order valence-corrected chi connectivity index (χ2v) is 8.79. The van der Waals surface area contributed by atoms with E-state index in [-0.39, 0.29) is 10.8 Å². The van der Waals surface area contributed by atoms with Crippen LogP contribution >= 0.6 is 0 Å². The third kappa shape index (κ3) is 2.73. The first kappa shape index (κ1) is 15.0. The van der Waals surface area contributed by atoms with E-state index >= 15 is 0 Å². The van der Waals surface area contributed by atoms with Crippen LogP contribution < -0.4 is 0 Å². The highest BCUT2D eigenvalue weighted by Crippen LogP contribution is 2.36. The average molecular weight is 287 g/mol. The molecule has 0 spiro atoms. The van der Waals surface area contributed by atoms with Gasteiger partial charge in [0.2, 0.25) is 0 Å². The molecule has 1 atom stereocenters. The molecule has 0 radical (unpaired) electrons. The molecule has 0 amide bonds. The highest BCUT2D eigenvalue weighted by atomic mass is 15.2. The molecule has 0 saturated carbocycles. The van der Waals surface area contributed by atoms with Gasteiger partial charge in [0.1, 0.15) is 5.82 Å². The first-order valence-electron chi connectivity index (χ1n) is 8.31. The zero-order valence-corrected chi connectivity index (χ0v) is 14.5. The fraction of sp³-hybridized carbons (Fsp3) is 0.778. The molecule has 0 N–H and O–H groups in total. The molecule has 21 heavy (non-hydrogen) atoms. The van der Waals surface area contributed by atoms with E-state index in [4.69, 9.17) is 9.97 Å². The van der Waals surface area contributed by atoms with Crippen molar-refractivity contribution >= 4 is 0 Å². The number of fused-ring (bicyclic) bond motifs is 2. The van der Waals surface area contributed by atoms with Crippen molar-refractivity contribution < 1.29 is 0 Å². The van der Waals surface area contributed by atoms with Crippen molar-refractivity contribution in [3.05, 3.63) is 22.8 Å². The minimum absolute atomic E-state index is 0.0108. The standard InChI is InChI=1S/C18H29N3/c1-17(2,3)15-13-10-12-8-7-9-21(12)11-14(13)19-16(20-15)18(4,5)6/h12H,7-11H2,1-6H3. The van der Waals surface area contributed by atoms with Crippen molar-refractivity contribution in [1.82, 2.24) is 14.9 Å². The third-order valence-electron chi connectivity index (χ3n) is 4.77. The summed E-state index contributed by atoms with van der Waals surface area (Å²) in [4.78, 5) is 12.6. The maximum atomic E-state index is 5.01. The molecule has 1 aromatic heterocycles. The fourth-order valence-electron chi connectivity index (χ4n) is 3.59. The second kappa shape index (κ2) is 4.77. The molecule has 0 bridgehead atoms. The van der Waals surface area contributed by atoms with Crippen molar-refractivity contribution in [1.29, 1.82) is 0 Å². The summed E-state index contributed by atoms with van der Waals surface area (Å²) < 4.78 is 0. The van der Waals surface area contributed by atoms with Crippen LogP contribution in [0.2, 0.25) is 0 Å². The molecule has 1 aromatic rings. The summed E-state index contributed by atoms with van der Waals surface area (Å²) in [6, 6.07) is 0.725. The normalized spacial score (nSPS) is 23.0. The maximum Gasteiger partial charge on any atom is 0.134 e. The van der Waals surface area contributed by atoms with E-state index < -0.39 is 0 Å². The Morgan fingerprint density at radius 3 is 2.33 bits per heavy atom. The largest absolute Gasteiger partial charge is 0.294 e. The predicted octanol–water partition coefficient (Wildman–Crippen LogP) is 3.59. The third-order valence-corrected chi connectivity index (χ3v) is 4.77. The maximum absolute atomic E-state index is 5.01. The molecule has 0 aromatic carbocycles. The van der Waals surface area contributed by atoms with Gasteiger partial charge in [-0.3, -0.25) is 4.90 Å². The van der Waals surface area contributed by atoms with Crippen LogP contribution in [0.4, 0.5) is 0 Å². The SMILES string of the molecule is CC(C)(C)c1nc2c(c(C(C)(C)C)n1)CC1CCCN1C2. The Hall–Kier alpha value is -0.960. The smallest absolute Gasteiger partial charge is 0.134 e. The lowest BCUT2D eigenvalue weighted by atomic mass is 9.83. The van der Waals surface area contributed by atoms with E-state index in [0.29, 0.717) is 0 Å². The van der Waals surface area contributed by atoms with Crippen LogP contribution in [0.15, 0.2) is 0 Å². The highest BCUT2D eigenvalue weighted by Gasteiger charge is 2.36. The van der Waals surface area contributed by atoms with Crippen molar-refractivity contribution in [3.63, 3.8) is 0 Å². The van der Waals surface area contributed by atoms with Crippen LogP contribution in [-0.2, 0) is 23.8 Å². The van der Waals surface area contributed by atoms with Gasteiger partial charge >= 0.3 is 0 Å². The minimum Gasteiger partial charge on any atom is -0.294 e. The van der Waals surface area contributed by atoms with Gasteiger partial charge in [0.15, 0.2) is 0 Å². The van der Waals surface area contributed by atoms with Gasteiger partial charge in [-0.1, -0.05) is 41.5 Å². The Kier molecular flexibility index (Phi) is 3.40. The number of rotatable bonds is 0. The molecule has 116 valence electrons. The Morgan fingerprint density at radius 1 is 1.00 bits per heavy atom. The lowest BCUT2D eigenvalue weighted by Crippen LogP contribution is -2.38. The van der Waals surface area contributed by atoms with Crippen LogP contribution in [0.3, 0.4) is 0 Å². The van der Waals surface area contributed by atoms with E-state index in [1.807, 2.05) is 0 Å². The number of hydrogen-bond donors (Lipinski definition) is 0. The summed E-state index contributed by atoms with van der Waals surface area (Å²) in [7, 11) is 0. The molecule has 2 aliphatic rings. The van der Waals surface area contributed by atoms with Gasteiger partial charge in [-0.15, -0.1) is 0 Å². The van der Waals surface area contributed by atoms with Crippen LogP contribution in [0.5, 0.6) is 0 Å². The number of nitrogens with zero attached hydrogens (tertiary/aromatic N) is 3. The van der Waals surface area contributed by atoms with Crippen molar-refractivity contribution in [3.8, 4) is 0 Å². The molecular weight excluding hydrogens is 258 g/mol. The van der Waals surface area contributed by atoms with E-state index in [2.05, 4.69) is 46.4 Å². The van der Waals surface area contributed by atoms with Crippen LogP contribution in [0, 0.1) is 0 Å². The Morgan fingerprint density at radius 2 is 1.71 bits per heavy atom. The zero-order chi connectivity index (χ0) is 15.4. The van der Waals surface area contributed by atoms with E-state index in [0.717, 1.165) is 24.8 Å². The van der Waals surface area contributed by atoms with Crippen molar-refractivity contribution in [2.24, 2.45) is 0 Å². The van der Waals surface area contributed by atoms with Gasteiger partial charge in [-0.25, -0.2) is 9.97 Å². The minimum atomic E-state index is 0.0108. The van der Waals surface area contributed by atoms with Gasteiger partial charge in [0.05, 0.1) is 11.4 Å². The Labute approximate surface area is 129 Å². The molecule has 3 heteroatoms. The van der Waals surface area contributed by atoms with Crippen LogP contribution in [0.25, 0.3) is 0 Å². The number of aromatic nitrogens is 2. The lowest BCUT2D eigenvalue weighted by molar-refractivity contribution is 0.220. The summed E-state index contributed by atoms with van der Waals surface area (Å²) in [6.07, 6.45) is 3.82. The second-order valence-electron chi connectivity index (χ2n) is 8.79. The van der Waals surface area contributed by atoms with E-state index in [1.54, 1.807) is 0 Å². The quantitative estimate of drug-likeness (QED) is 0.730. The predicted molar refractivity (Wildman–Crippen MR) is 86.6 cm³/mol.